The molecule has 4 nitrogen and oxygen atoms in total. The summed E-state index contributed by atoms with van der Waals surface area (Å²) in [5.41, 5.74) is 3.57. The number of rotatable bonds is 3. The van der Waals surface area contributed by atoms with Crippen LogP contribution in [0.4, 0.5) is 0 Å². The van der Waals surface area contributed by atoms with Crippen LogP contribution in [0, 0.1) is 0 Å². The van der Waals surface area contributed by atoms with Gasteiger partial charge in [0.15, 0.2) is 0 Å². The lowest BCUT2D eigenvalue weighted by atomic mass is 10.2. The molecule has 1 N–H and O–H groups in total. The van der Waals surface area contributed by atoms with Gasteiger partial charge >= 0.3 is 0 Å². The number of hydrogen-bond acceptors (Lipinski definition) is 4. The number of amides is 1. The zero-order chi connectivity index (χ0) is 12.8. The predicted octanol–water partition coefficient (Wildman–Crippen LogP) is 2.13. The van der Waals surface area contributed by atoms with Crippen LogP contribution in [0.5, 0.6) is 0 Å². The molecule has 0 aliphatic carbocycles. The minimum absolute atomic E-state index is 0.328. The first kappa shape index (κ1) is 12.3. The largest absolute Gasteiger partial charge is 0.289 e. The summed E-state index contributed by atoms with van der Waals surface area (Å²) in [6.45, 7) is 0. The van der Waals surface area contributed by atoms with Crippen LogP contribution in [0.1, 0.15) is 16.1 Å². The van der Waals surface area contributed by atoms with Crippen LogP contribution < -0.4 is 5.43 Å². The molecule has 2 aromatic rings. The van der Waals surface area contributed by atoms with E-state index in [4.69, 9.17) is 0 Å². The van der Waals surface area contributed by atoms with Gasteiger partial charge in [-0.05, 0) is 18.2 Å². The molecule has 1 heterocycles. The fourth-order valence-corrected chi connectivity index (χ4v) is 1.53. The number of nitrogens with zero attached hydrogens (tertiary/aromatic N) is 2. The summed E-state index contributed by atoms with van der Waals surface area (Å²) >= 11 is 4.28. The first-order chi connectivity index (χ1) is 8.77. The lowest BCUT2D eigenvalue weighted by Gasteiger charge is -1.99. The van der Waals surface area contributed by atoms with Gasteiger partial charge in [0.2, 0.25) is 0 Å². The third-order valence-electron chi connectivity index (χ3n) is 2.20. The Kier molecular flexibility index (Phi) is 4.09. The van der Waals surface area contributed by atoms with Crippen molar-refractivity contribution in [1.82, 2.24) is 10.4 Å². The Morgan fingerprint density at radius 2 is 2.00 bits per heavy atom. The van der Waals surface area contributed by atoms with Crippen LogP contribution in [0.3, 0.4) is 0 Å². The number of carbonyl (C=O) groups excluding carboxylic acids is 1. The molecule has 2 rings (SSSR count). The zero-order valence-electron chi connectivity index (χ0n) is 9.45. The highest BCUT2D eigenvalue weighted by atomic mass is 32.1. The fraction of sp³-hybridized carbons (Fsp3) is 0. The van der Waals surface area contributed by atoms with Crippen LogP contribution in [0.15, 0.2) is 58.7 Å². The first-order valence-electron chi connectivity index (χ1n) is 5.30. The molecule has 0 saturated heterocycles. The van der Waals surface area contributed by atoms with Crippen molar-refractivity contribution < 1.29 is 4.79 Å². The summed E-state index contributed by atoms with van der Waals surface area (Å²) in [6.07, 6.45) is 3.10. The minimum Gasteiger partial charge on any atom is -0.266 e. The van der Waals surface area contributed by atoms with Gasteiger partial charge in [-0.1, -0.05) is 24.3 Å². The van der Waals surface area contributed by atoms with Crippen molar-refractivity contribution >= 4 is 24.8 Å². The average molecular weight is 257 g/mol. The molecule has 0 atom stereocenters. The molecule has 0 saturated carbocycles. The predicted molar refractivity (Wildman–Crippen MR) is 73.0 cm³/mol. The molecule has 1 aromatic heterocycles. The second-order valence-electron chi connectivity index (χ2n) is 3.47. The maximum absolute atomic E-state index is 11.6. The topological polar surface area (TPSA) is 54.4 Å². The van der Waals surface area contributed by atoms with Crippen molar-refractivity contribution in [2.45, 2.75) is 4.90 Å². The molecule has 1 aromatic carbocycles. The molecule has 0 unspecified atom stereocenters. The Hall–Kier alpha value is -2.14. The lowest BCUT2D eigenvalue weighted by molar-refractivity contribution is 0.0950. The number of pyridine rings is 1. The number of hydrazone groups is 1. The van der Waals surface area contributed by atoms with Crippen molar-refractivity contribution in [3.8, 4) is 0 Å². The van der Waals surface area contributed by atoms with Gasteiger partial charge in [-0.3, -0.25) is 9.78 Å². The van der Waals surface area contributed by atoms with Gasteiger partial charge in [-0.2, -0.15) is 5.10 Å². The third-order valence-corrected chi connectivity index (χ3v) is 2.61. The SMILES string of the molecule is O=C(N/N=C/c1ccccc1S)c1ccccn1. The van der Waals surface area contributed by atoms with Gasteiger partial charge < -0.3 is 0 Å². The molecule has 18 heavy (non-hydrogen) atoms. The Balaban J connectivity index is 2.00. The maximum Gasteiger partial charge on any atom is 0.289 e. The van der Waals surface area contributed by atoms with E-state index in [1.807, 2.05) is 24.3 Å². The highest BCUT2D eigenvalue weighted by molar-refractivity contribution is 7.80. The Labute approximate surface area is 110 Å². The van der Waals surface area contributed by atoms with Gasteiger partial charge in [0.1, 0.15) is 5.69 Å². The fourth-order valence-electron chi connectivity index (χ4n) is 1.31. The second-order valence-corrected chi connectivity index (χ2v) is 3.95. The Morgan fingerprint density at radius 1 is 1.22 bits per heavy atom. The van der Waals surface area contributed by atoms with Gasteiger partial charge in [0.25, 0.3) is 5.91 Å². The number of thiol groups is 1. The third kappa shape index (κ3) is 3.18. The zero-order valence-corrected chi connectivity index (χ0v) is 10.3. The van der Waals surface area contributed by atoms with Crippen molar-refractivity contribution in [3.05, 3.63) is 59.9 Å². The highest BCUT2D eigenvalue weighted by Crippen LogP contribution is 2.09. The summed E-state index contributed by atoms with van der Waals surface area (Å²) in [5, 5.41) is 3.87. The molecule has 5 heteroatoms. The van der Waals surface area contributed by atoms with Crippen LogP contribution >= 0.6 is 12.6 Å². The summed E-state index contributed by atoms with van der Waals surface area (Å²) in [5.74, 6) is -0.344. The van der Waals surface area contributed by atoms with Crippen molar-refractivity contribution in [2.24, 2.45) is 5.10 Å². The van der Waals surface area contributed by atoms with E-state index in [1.165, 1.54) is 0 Å². The van der Waals surface area contributed by atoms with E-state index in [0.717, 1.165) is 10.5 Å². The van der Waals surface area contributed by atoms with Crippen molar-refractivity contribution in [1.29, 1.82) is 0 Å². The van der Waals surface area contributed by atoms with Gasteiger partial charge in [-0.15, -0.1) is 12.6 Å². The summed E-state index contributed by atoms with van der Waals surface area (Å²) in [6, 6.07) is 12.6. The average Bonchev–Trinajstić information content (AvgIpc) is 2.42. The Bertz CT molecular complexity index is 569. The molecular formula is C13H11N3OS. The number of benzene rings is 1. The normalized spacial score (nSPS) is 10.5. The number of hydrogen-bond donors (Lipinski definition) is 2. The number of carbonyl (C=O) groups is 1. The second kappa shape index (κ2) is 5.97. The van der Waals surface area contributed by atoms with Gasteiger partial charge in [0.05, 0.1) is 6.21 Å². The van der Waals surface area contributed by atoms with Crippen LogP contribution in [-0.2, 0) is 0 Å². The van der Waals surface area contributed by atoms with Crippen LogP contribution in [-0.4, -0.2) is 17.1 Å². The molecular weight excluding hydrogens is 246 g/mol. The van der Waals surface area contributed by atoms with E-state index >= 15 is 0 Å². The lowest BCUT2D eigenvalue weighted by Crippen LogP contribution is -2.18. The molecule has 0 bridgehead atoms. The van der Waals surface area contributed by atoms with Crippen LogP contribution in [0.2, 0.25) is 0 Å². The van der Waals surface area contributed by atoms with Crippen LogP contribution in [0.25, 0.3) is 0 Å². The van der Waals surface area contributed by atoms with E-state index in [1.54, 1.807) is 30.6 Å². The quantitative estimate of drug-likeness (QED) is 0.503. The summed E-state index contributed by atoms with van der Waals surface area (Å²) < 4.78 is 0. The van der Waals surface area contributed by atoms with Gasteiger partial charge in [0, 0.05) is 16.7 Å². The summed E-state index contributed by atoms with van der Waals surface area (Å²) in [7, 11) is 0. The van der Waals surface area contributed by atoms with E-state index in [-0.39, 0.29) is 5.91 Å². The highest BCUT2D eigenvalue weighted by Gasteiger charge is 2.03. The van der Waals surface area contributed by atoms with Crippen molar-refractivity contribution in [3.63, 3.8) is 0 Å². The van der Waals surface area contributed by atoms with E-state index in [2.05, 4.69) is 28.1 Å². The smallest absolute Gasteiger partial charge is 0.266 e. The monoisotopic (exact) mass is 257 g/mol. The number of nitrogens with one attached hydrogen (secondary N) is 1. The molecule has 0 fully saturated rings. The standard InChI is InChI=1S/C13H11N3OS/c17-13(11-6-3-4-8-14-11)16-15-9-10-5-1-2-7-12(10)18/h1-9,18H,(H,16,17)/b15-9+. The van der Waals surface area contributed by atoms with E-state index in [0.29, 0.717) is 5.69 Å². The first-order valence-corrected chi connectivity index (χ1v) is 5.74. The summed E-state index contributed by atoms with van der Waals surface area (Å²) in [4.78, 5) is 16.3. The maximum atomic E-state index is 11.6. The molecule has 0 aliphatic heterocycles. The number of aromatic nitrogens is 1. The van der Waals surface area contributed by atoms with Gasteiger partial charge in [-0.25, -0.2) is 5.43 Å². The molecule has 90 valence electrons. The molecule has 1 amide bonds. The Morgan fingerprint density at radius 3 is 2.72 bits per heavy atom. The van der Waals surface area contributed by atoms with E-state index in [9.17, 15) is 4.79 Å². The molecule has 0 spiro atoms. The minimum atomic E-state index is -0.344. The molecule has 0 radical (unpaired) electrons. The van der Waals surface area contributed by atoms with E-state index < -0.39 is 0 Å². The molecule has 0 aliphatic rings. The van der Waals surface area contributed by atoms with Crippen molar-refractivity contribution in [2.75, 3.05) is 0 Å².